The minimum atomic E-state index is -0.871. The lowest BCUT2D eigenvalue weighted by molar-refractivity contribution is -0.166. The van der Waals surface area contributed by atoms with E-state index in [0.717, 1.165) is 44.2 Å². The molecule has 3 fully saturated rings. The molecule has 240 valence electrons. The molecule has 0 bridgehead atoms. The number of nitrogens with zero attached hydrogens (tertiary/aromatic N) is 3. The number of unbranched alkanes of at least 4 members (excludes halogenated alkanes) is 1. The first-order valence-electron chi connectivity index (χ1n) is 15.8. The zero-order valence-electron chi connectivity index (χ0n) is 25.8. The SMILES string of the molecule is CCCCN1C(=O)[C@@H]([C@H](O)C2CCCCC2)NC(=O)C12CCN(Cc1ccc(Oc3ccc(C(=O)NC)cc3)cn1)CC2.Cl. The maximum Gasteiger partial charge on any atom is 0.251 e. The van der Waals surface area contributed by atoms with Gasteiger partial charge in [0, 0.05) is 38.8 Å². The van der Waals surface area contributed by atoms with E-state index in [0.29, 0.717) is 56.1 Å². The largest absolute Gasteiger partial charge is 0.456 e. The minimum absolute atomic E-state index is 0. The van der Waals surface area contributed by atoms with Gasteiger partial charge in [0.25, 0.3) is 5.91 Å². The quantitative estimate of drug-likeness (QED) is 0.363. The molecule has 1 aromatic heterocycles. The van der Waals surface area contributed by atoms with Crippen molar-refractivity contribution in [3.8, 4) is 11.5 Å². The number of amides is 3. The highest BCUT2D eigenvalue weighted by atomic mass is 35.5. The molecule has 0 radical (unpaired) electrons. The number of hydrogen-bond donors (Lipinski definition) is 3. The lowest BCUT2D eigenvalue weighted by Gasteiger charge is -2.52. The van der Waals surface area contributed by atoms with Crippen molar-refractivity contribution >= 4 is 30.1 Å². The van der Waals surface area contributed by atoms with E-state index >= 15 is 0 Å². The Labute approximate surface area is 266 Å². The van der Waals surface area contributed by atoms with Crippen molar-refractivity contribution in [2.75, 3.05) is 26.7 Å². The Kier molecular flexibility index (Phi) is 11.6. The number of carbonyl (C=O) groups excluding carboxylic acids is 3. The number of halogens is 1. The van der Waals surface area contributed by atoms with Crippen LogP contribution in [0.3, 0.4) is 0 Å². The predicted molar refractivity (Wildman–Crippen MR) is 170 cm³/mol. The lowest BCUT2D eigenvalue weighted by Crippen LogP contribution is -2.75. The number of piperazine rings is 1. The standard InChI is InChI=1S/C33H45N5O5.ClH/c1-3-4-18-38-31(41)28(29(39)23-8-6-5-7-9-23)36-32(42)33(38)16-19-37(20-17-33)22-25-12-15-27(21-35-25)43-26-13-10-24(11-14-26)30(40)34-2;/h10-15,21,23,28-29,39H,3-9,16-20,22H2,1-2H3,(H,34,40)(H,36,42);1H/t28-,29-;/m1./s1. The molecule has 1 aliphatic carbocycles. The summed E-state index contributed by atoms with van der Waals surface area (Å²) in [6.07, 6.45) is 8.81. The highest BCUT2D eigenvalue weighted by Gasteiger charge is 2.55. The molecule has 1 aromatic carbocycles. The van der Waals surface area contributed by atoms with Gasteiger partial charge in [0.2, 0.25) is 11.8 Å². The summed E-state index contributed by atoms with van der Waals surface area (Å²) >= 11 is 0. The molecule has 3 aliphatic rings. The van der Waals surface area contributed by atoms with Crippen LogP contribution in [0, 0.1) is 5.92 Å². The molecule has 2 saturated heterocycles. The zero-order valence-corrected chi connectivity index (χ0v) is 26.6. The normalized spacial score (nSPS) is 21.3. The van der Waals surface area contributed by atoms with Crippen molar-refractivity contribution in [3.05, 3.63) is 53.9 Å². The summed E-state index contributed by atoms with van der Waals surface area (Å²) in [5.74, 6) is 0.882. The monoisotopic (exact) mass is 627 g/mol. The number of piperidine rings is 1. The number of aromatic nitrogens is 1. The molecule has 3 N–H and O–H groups in total. The molecule has 2 aromatic rings. The summed E-state index contributed by atoms with van der Waals surface area (Å²) in [6, 6.07) is 9.87. The van der Waals surface area contributed by atoms with Crippen LogP contribution in [0.15, 0.2) is 42.6 Å². The third-order valence-electron chi connectivity index (χ3n) is 9.41. The van der Waals surface area contributed by atoms with Gasteiger partial charge in [-0.15, -0.1) is 12.4 Å². The summed E-state index contributed by atoms with van der Waals surface area (Å²) in [4.78, 5) is 48.0. The molecule has 11 heteroatoms. The summed E-state index contributed by atoms with van der Waals surface area (Å²) in [5.41, 5.74) is 0.581. The van der Waals surface area contributed by atoms with Crippen LogP contribution >= 0.6 is 12.4 Å². The van der Waals surface area contributed by atoms with Gasteiger partial charge in [-0.1, -0.05) is 32.6 Å². The second kappa shape index (κ2) is 15.2. The summed E-state index contributed by atoms with van der Waals surface area (Å²) in [6.45, 7) is 4.58. The van der Waals surface area contributed by atoms with Gasteiger partial charge in [0.1, 0.15) is 23.1 Å². The Balaban J connectivity index is 0.00000442. The van der Waals surface area contributed by atoms with Crippen molar-refractivity contribution in [2.24, 2.45) is 5.92 Å². The highest BCUT2D eigenvalue weighted by Crippen LogP contribution is 2.36. The van der Waals surface area contributed by atoms with Crippen LogP contribution in [0.4, 0.5) is 0 Å². The van der Waals surface area contributed by atoms with E-state index in [1.54, 1.807) is 37.5 Å². The van der Waals surface area contributed by atoms with Gasteiger partial charge in [-0.3, -0.25) is 24.3 Å². The van der Waals surface area contributed by atoms with Crippen molar-refractivity contribution in [1.29, 1.82) is 0 Å². The van der Waals surface area contributed by atoms with E-state index in [4.69, 9.17) is 4.74 Å². The van der Waals surface area contributed by atoms with Gasteiger partial charge in [0.05, 0.1) is 18.0 Å². The van der Waals surface area contributed by atoms with E-state index in [-0.39, 0.29) is 36.0 Å². The van der Waals surface area contributed by atoms with Gasteiger partial charge in [-0.25, -0.2) is 0 Å². The highest BCUT2D eigenvalue weighted by molar-refractivity contribution is 6.00. The molecule has 44 heavy (non-hydrogen) atoms. The molecule has 0 unspecified atom stereocenters. The topological polar surface area (TPSA) is 124 Å². The second-order valence-corrected chi connectivity index (χ2v) is 12.2. The smallest absolute Gasteiger partial charge is 0.251 e. The first-order chi connectivity index (χ1) is 20.8. The first kappa shape index (κ1) is 33.7. The summed E-state index contributed by atoms with van der Waals surface area (Å²) in [7, 11) is 1.59. The van der Waals surface area contributed by atoms with E-state index in [9.17, 15) is 19.5 Å². The van der Waals surface area contributed by atoms with Crippen molar-refractivity contribution in [1.82, 2.24) is 25.4 Å². The molecule has 2 aliphatic heterocycles. The predicted octanol–water partition coefficient (Wildman–Crippen LogP) is 4.06. The van der Waals surface area contributed by atoms with Crippen LogP contribution in [0.5, 0.6) is 11.5 Å². The molecule has 2 atom stereocenters. The van der Waals surface area contributed by atoms with Crippen LogP contribution in [-0.4, -0.2) is 82.0 Å². The molecule has 1 saturated carbocycles. The Hall–Kier alpha value is -3.21. The number of rotatable bonds is 10. The first-order valence-corrected chi connectivity index (χ1v) is 15.8. The Morgan fingerprint density at radius 2 is 1.77 bits per heavy atom. The molecule has 3 heterocycles. The zero-order chi connectivity index (χ0) is 30.4. The third kappa shape index (κ3) is 7.35. The maximum atomic E-state index is 13.8. The molecular weight excluding hydrogens is 582 g/mol. The number of likely N-dealkylation sites (tertiary alicyclic amines) is 1. The number of benzene rings is 1. The molecule has 3 amide bonds. The molecule has 10 nitrogen and oxygen atoms in total. The van der Waals surface area contributed by atoms with Crippen LogP contribution in [0.25, 0.3) is 0 Å². The number of nitrogens with one attached hydrogen (secondary N) is 2. The second-order valence-electron chi connectivity index (χ2n) is 12.2. The maximum absolute atomic E-state index is 13.8. The van der Waals surface area contributed by atoms with Gasteiger partial charge >= 0.3 is 0 Å². The number of pyridine rings is 1. The van der Waals surface area contributed by atoms with Crippen LogP contribution in [0.1, 0.15) is 80.8 Å². The number of aliphatic hydroxyl groups excluding tert-OH is 1. The van der Waals surface area contributed by atoms with Gasteiger partial charge < -0.3 is 25.4 Å². The van der Waals surface area contributed by atoms with E-state index < -0.39 is 17.7 Å². The van der Waals surface area contributed by atoms with E-state index in [1.807, 2.05) is 17.0 Å². The summed E-state index contributed by atoms with van der Waals surface area (Å²) in [5, 5.41) is 16.8. The van der Waals surface area contributed by atoms with Gasteiger partial charge in [-0.05, 0) is 74.4 Å². The van der Waals surface area contributed by atoms with Crippen LogP contribution < -0.4 is 15.4 Å². The fraction of sp³-hybridized carbons (Fsp3) is 0.576. The van der Waals surface area contributed by atoms with Crippen LogP contribution in [-0.2, 0) is 16.1 Å². The molecule has 5 rings (SSSR count). The average molecular weight is 628 g/mol. The third-order valence-corrected chi connectivity index (χ3v) is 9.41. The number of ether oxygens (including phenoxy) is 1. The van der Waals surface area contributed by atoms with Crippen LogP contribution in [0.2, 0.25) is 0 Å². The summed E-state index contributed by atoms with van der Waals surface area (Å²) < 4.78 is 5.89. The molecular formula is C33H46ClN5O5. The minimum Gasteiger partial charge on any atom is -0.456 e. The number of hydrogen-bond acceptors (Lipinski definition) is 7. The van der Waals surface area contributed by atoms with Gasteiger partial charge in [-0.2, -0.15) is 0 Å². The Bertz CT molecular complexity index is 1260. The van der Waals surface area contributed by atoms with Crippen molar-refractivity contribution in [3.63, 3.8) is 0 Å². The lowest BCUT2D eigenvalue weighted by atomic mass is 9.78. The van der Waals surface area contributed by atoms with Gasteiger partial charge in [0.15, 0.2) is 0 Å². The Morgan fingerprint density at radius 1 is 1.09 bits per heavy atom. The number of carbonyl (C=O) groups is 3. The van der Waals surface area contributed by atoms with Crippen molar-refractivity contribution in [2.45, 2.75) is 88.9 Å². The molecule has 1 spiro atoms. The Morgan fingerprint density at radius 3 is 2.39 bits per heavy atom. The fourth-order valence-electron chi connectivity index (χ4n) is 6.79. The average Bonchev–Trinajstić information content (AvgIpc) is 3.04. The number of aliphatic hydroxyl groups is 1. The van der Waals surface area contributed by atoms with E-state index in [2.05, 4.69) is 27.4 Å². The van der Waals surface area contributed by atoms with E-state index in [1.165, 1.54) is 6.42 Å². The van der Waals surface area contributed by atoms with Crippen molar-refractivity contribution < 1.29 is 24.2 Å². The fourth-order valence-corrected chi connectivity index (χ4v) is 6.79.